The van der Waals surface area contributed by atoms with Crippen LogP contribution in [0.15, 0.2) is 18.2 Å². The van der Waals surface area contributed by atoms with Gasteiger partial charge in [0, 0.05) is 18.1 Å². The molecule has 1 saturated carbocycles. The number of halogens is 1. The quantitative estimate of drug-likeness (QED) is 0.672. The third-order valence-corrected chi connectivity index (χ3v) is 3.54. The minimum absolute atomic E-state index is 0.00431. The molecule has 1 fully saturated rings. The van der Waals surface area contributed by atoms with Crippen molar-refractivity contribution < 1.29 is 14.1 Å². The first-order valence-electron chi connectivity index (χ1n) is 6.42. The van der Waals surface area contributed by atoms with Crippen LogP contribution in [0.5, 0.6) is 5.75 Å². The van der Waals surface area contributed by atoms with Crippen LogP contribution in [0.1, 0.15) is 25.7 Å². The fourth-order valence-corrected chi connectivity index (χ4v) is 2.49. The Morgan fingerprint density at radius 2 is 2.16 bits per heavy atom. The van der Waals surface area contributed by atoms with Gasteiger partial charge in [-0.15, -0.1) is 0 Å². The summed E-state index contributed by atoms with van der Waals surface area (Å²) in [6.07, 6.45) is 3.68. The highest BCUT2D eigenvalue weighted by Crippen LogP contribution is 2.33. The summed E-state index contributed by atoms with van der Waals surface area (Å²) in [5.41, 5.74) is 5.48. The Bertz CT molecular complexity index is 467. The summed E-state index contributed by atoms with van der Waals surface area (Å²) in [7, 11) is 0. The average Bonchev–Trinajstić information content (AvgIpc) is 2.39. The molecule has 2 rings (SSSR count). The Balaban J connectivity index is 2.21. The molecule has 0 spiro atoms. The van der Waals surface area contributed by atoms with E-state index in [9.17, 15) is 14.5 Å². The number of rotatable bonds is 4. The summed E-state index contributed by atoms with van der Waals surface area (Å²) in [5, 5.41) is 10.9. The molecule has 1 aliphatic carbocycles. The van der Waals surface area contributed by atoms with Crippen LogP contribution in [0.2, 0.25) is 0 Å². The van der Waals surface area contributed by atoms with Crippen molar-refractivity contribution in [2.45, 2.75) is 31.8 Å². The molecule has 0 radical (unpaired) electrons. The molecule has 1 aliphatic rings. The molecule has 0 unspecified atom stereocenters. The van der Waals surface area contributed by atoms with Gasteiger partial charge in [0.1, 0.15) is 11.9 Å². The van der Waals surface area contributed by atoms with Gasteiger partial charge in [-0.25, -0.2) is 4.39 Å². The second-order valence-corrected chi connectivity index (χ2v) is 4.81. The van der Waals surface area contributed by atoms with Crippen molar-refractivity contribution in [3.05, 3.63) is 34.1 Å². The van der Waals surface area contributed by atoms with Gasteiger partial charge in [-0.05, 0) is 31.9 Å². The van der Waals surface area contributed by atoms with Gasteiger partial charge in [0.15, 0.2) is 5.75 Å². The fraction of sp³-hybridized carbons (Fsp3) is 0.538. The molecule has 0 aliphatic heterocycles. The zero-order valence-corrected chi connectivity index (χ0v) is 10.5. The van der Waals surface area contributed by atoms with E-state index >= 15 is 0 Å². The lowest BCUT2D eigenvalue weighted by atomic mass is 9.86. The molecule has 1 aromatic carbocycles. The van der Waals surface area contributed by atoms with Crippen molar-refractivity contribution >= 4 is 5.69 Å². The van der Waals surface area contributed by atoms with Crippen LogP contribution in [-0.4, -0.2) is 17.6 Å². The average molecular weight is 268 g/mol. The second-order valence-electron chi connectivity index (χ2n) is 4.81. The van der Waals surface area contributed by atoms with Crippen molar-refractivity contribution in [2.24, 2.45) is 11.7 Å². The van der Waals surface area contributed by atoms with Crippen LogP contribution in [0.3, 0.4) is 0 Å². The SMILES string of the molecule is NC[C@H]1CCCC[C@@H]1Oc1cc(F)ccc1[N+](=O)[O-]. The van der Waals surface area contributed by atoms with Crippen LogP contribution >= 0.6 is 0 Å². The predicted molar refractivity (Wildman–Crippen MR) is 68.5 cm³/mol. The van der Waals surface area contributed by atoms with Crippen molar-refractivity contribution in [3.63, 3.8) is 0 Å². The molecule has 104 valence electrons. The van der Waals surface area contributed by atoms with Gasteiger partial charge in [-0.2, -0.15) is 0 Å². The maximum atomic E-state index is 13.2. The van der Waals surface area contributed by atoms with Crippen LogP contribution in [-0.2, 0) is 0 Å². The molecule has 0 bridgehead atoms. The lowest BCUT2D eigenvalue weighted by molar-refractivity contribution is -0.386. The minimum Gasteiger partial charge on any atom is -0.483 e. The largest absolute Gasteiger partial charge is 0.483 e. The number of benzene rings is 1. The number of hydrogen-bond donors (Lipinski definition) is 1. The lowest BCUT2D eigenvalue weighted by Gasteiger charge is -2.30. The van der Waals surface area contributed by atoms with E-state index in [-0.39, 0.29) is 23.5 Å². The minimum atomic E-state index is -0.560. The van der Waals surface area contributed by atoms with Crippen LogP contribution in [0.4, 0.5) is 10.1 Å². The van der Waals surface area contributed by atoms with Gasteiger partial charge in [0.25, 0.3) is 0 Å². The number of nitro groups is 1. The summed E-state index contributed by atoms with van der Waals surface area (Å²) in [6.45, 7) is 0.480. The number of nitro benzene ring substituents is 1. The number of nitrogens with two attached hydrogens (primary N) is 1. The summed E-state index contributed by atoms with van der Waals surface area (Å²) < 4.78 is 18.9. The number of hydrogen-bond acceptors (Lipinski definition) is 4. The molecule has 5 nitrogen and oxygen atoms in total. The molecule has 19 heavy (non-hydrogen) atoms. The molecule has 0 saturated heterocycles. The van der Waals surface area contributed by atoms with Gasteiger partial charge in [0.2, 0.25) is 0 Å². The Morgan fingerprint density at radius 3 is 2.84 bits per heavy atom. The van der Waals surface area contributed by atoms with Gasteiger partial charge in [-0.1, -0.05) is 6.42 Å². The van der Waals surface area contributed by atoms with E-state index in [1.807, 2.05) is 0 Å². The first-order chi connectivity index (χ1) is 9.11. The van der Waals surface area contributed by atoms with E-state index in [0.717, 1.165) is 43.9 Å². The second kappa shape index (κ2) is 5.97. The molecule has 0 amide bonds. The normalized spacial score (nSPS) is 23.1. The van der Waals surface area contributed by atoms with Crippen LogP contribution in [0, 0.1) is 21.8 Å². The third-order valence-electron chi connectivity index (χ3n) is 3.54. The summed E-state index contributed by atoms with van der Waals surface area (Å²) in [4.78, 5) is 10.3. The summed E-state index contributed by atoms with van der Waals surface area (Å²) in [5.74, 6) is -0.368. The van der Waals surface area contributed by atoms with Gasteiger partial charge in [-0.3, -0.25) is 10.1 Å². The third kappa shape index (κ3) is 3.20. The Kier molecular flexibility index (Phi) is 4.31. The topological polar surface area (TPSA) is 78.4 Å². The smallest absolute Gasteiger partial charge is 0.311 e. The molecular weight excluding hydrogens is 251 g/mol. The van der Waals surface area contributed by atoms with Gasteiger partial charge in [0.05, 0.1) is 4.92 Å². The van der Waals surface area contributed by atoms with E-state index in [2.05, 4.69) is 0 Å². The lowest BCUT2D eigenvalue weighted by Crippen LogP contribution is -2.35. The van der Waals surface area contributed by atoms with Crippen LogP contribution in [0.25, 0.3) is 0 Å². The van der Waals surface area contributed by atoms with Gasteiger partial charge < -0.3 is 10.5 Å². The number of ether oxygens (including phenoxy) is 1. The summed E-state index contributed by atoms with van der Waals surface area (Å²) in [6, 6.07) is 3.26. The van der Waals surface area contributed by atoms with E-state index in [1.165, 1.54) is 0 Å². The molecular formula is C13H17FN2O3. The Morgan fingerprint density at radius 1 is 1.42 bits per heavy atom. The highest BCUT2D eigenvalue weighted by molar-refractivity contribution is 5.46. The molecule has 6 heteroatoms. The fourth-order valence-electron chi connectivity index (χ4n) is 2.49. The molecule has 0 aromatic heterocycles. The maximum Gasteiger partial charge on any atom is 0.311 e. The van der Waals surface area contributed by atoms with Crippen molar-refractivity contribution in [1.82, 2.24) is 0 Å². The van der Waals surface area contributed by atoms with Crippen molar-refractivity contribution in [2.75, 3.05) is 6.54 Å². The van der Waals surface area contributed by atoms with Crippen LogP contribution < -0.4 is 10.5 Å². The van der Waals surface area contributed by atoms with E-state index in [1.54, 1.807) is 0 Å². The number of nitrogens with zero attached hydrogens (tertiary/aromatic N) is 1. The maximum absolute atomic E-state index is 13.2. The first kappa shape index (κ1) is 13.7. The zero-order valence-electron chi connectivity index (χ0n) is 10.5. The Labute approximate surface area is 110 Å². The van der Waals surface area contributed by atoms with E-state index in [0.29, 0.717) is 6.54 Å². The Hall–Kier alpha value is -1.69. The van der Waals surface area contributed by atoms with E-state index < -0.39 is 10.7 Å². The monoisotopic (exact) mass is 268 g/mol. The van der Waals surface area contributed by atoms with Crippen molar-refractivity contribution in [1.29, 1.82) is 0 Å². The molecule has 2 N–H and O–H groups in total. The summed E-state index contributed by atoms with van der Waals surface area (Å²) >= 11 is 0. The van der Waals surface area contributed by atoms with Gasteiger partial charge >= 0.3 is 5.69 Å². The molecule has 0 heterocycles. The predicted octanol–water partition coefficient (Wildman–Crippen LogP) is 2.63. The highest BCUT2D eigenvalue weighted by Gasteiger charge is 2.28. The standard InChI is InChI=1S/C13H17FN2O3/c14-10-5-6-11(16(17)18)13(7-10)19-12-4-2-1-3-9(12)8-15/h5-7,9,12H,1-4,8,15H2/t9-,12+/m1/s1. The zero-order chi connectivity index (χ0) is 13.8. The first-order valence-corrected chi connectivity index (χ1v) is 6.42. The molecule has 1 aromatic rings. The van der Waals surface area contributed by atoms with E-state index in [4.69, 9.17) is 10.5 Å². The highest BCUT2D eigenvalue weighted by atomic mass is 19.1. The van der Waals surface area contributed by atoms with Crippen molar-refractivity contribution in [3.8, 4) is 5.75 Å². The molecule has 2 atom stereocenters.